The van der Waals surface area contributed by atoms with Crippen LogP contribution in [0.5, 0.6) is 5.75 Å². The van der Waals surface area contributed by atoms with Crippen molar-refractivity contribution in [1.82, 2.24) is 9.97 Å². The van der Waals surface area contributed by atoms with E-state index in [0.29, 0.717) is 0 Å². The number of hydrogen-bond acceptors (Lipinski definition) is 5. The van der Waals surface area contributed by atoms with Gasteiger partial charge in [0.25, 0.3) is 0 Å². The number of benzene rings is 2. The standard InChI is InChI=1S/C21H21N3O2/c1-3-18-23-19-16-6-4-5-7-17(16)26-20(19)21(24-18)22-13-12-14-8-10-15(25-2)11-9-14/h4-11H,3,12-13H2,1-2H3,(H,22,23,24). The molecule has 1 N–H and O–H groups in total. The number of methoxy groups -OCH3 is 1. The first-order valence-corrected chi connectivity index (χ1v) is 8.83. The summed E-state index contributed by atoms with van der Waals surface area (Å²) >= 11 is 0. The second-order valence-electron chi connectivity index (χ2n) is 6.14. The van der Waals surface area contributed by atoms with Gasteiger partial charge in [0.2, 0.25) is 0 Å². The summed E-state index contributed by atoms with van der Waals surface area (Å²) in [5.74, 6) is 2.45. The molecule has 0 radical (unpaired) electrons. The maximum Gasteiger partial charge on any atom is 0.196 e. The predicted molar refractivity (Wildman–Crippen MR) is 104 cm³/mol. The van der Waals surface area contributed by atoms with Gasteiger partial charge in [-0.05, 0) is 36.2 Å². The minimum atomic E-state index is 0.720. The number of nitrogens with zero attached hydrogens (tertiary/aromatic N) is 2. The molecule has 132 valence electrons. The number of fused-ring (bicyclic) bond motifs is 3. The first-order chi connectivity index (χ1) is 12.8. The van der Waals surface area contributed by atoms with Gasteiger partial charge in [0.05, 0.1) is 7.11 Å². The van der Waals surface area contributed by atoms with E-state index in [9.17, 15) is 0 Å². The van der Waals surface area contributed by atoms with Gasteiger partial charge in [-0.15, -0.1) is 0 Å². The molecule has 0 saturated carbocycles. The number of anilines is 1. The molecule has 0 aliphatic rings. The van der Waals surface area contributed by atoms with E-state index in [0.717, 1.165) is 58.8 Å². The van der Waals surface area contributed by atoms with Gasteiger partial charge in [-0.25, -0.2) is 9.97 Å². The molecule has 0 bridgehead atoms. The molecule has 5 heteroatoms. The Morgan fingerprint density at radius 1 is 1.04 bits per heavy atom. The highest BCUT2D eigenvalue weighted by Gasteiger charge is 2.14. The molecule has 2 heterocycles. The lowest BCUT2D eigenvalue weighted by Gasteiger charge is -2.08. The molecule has 0 spiro atoms. The van der Waals surface area contributed by atoms with Crippen LogP contribution >= 0.6 is 0 Å². The van der Waals surface area contributed by atoms with Crippen molar-refractivity contribution in [3.8, 4) is 5.75 Å². The second-order valence-corrected chi connectivity index (χ2v) is 6.14. The van der Waals surface area contributed by atoms with Gasteiger partial charge in [-0.3, -0.25) is 0 Å². The zero-order chi connectivity index (χ0) is 17.9. The normalized spacial score (nSPS) is 11.2. The Hall–Kier alpha value is -3.08. The van der Waals surface area contributed by atoms with Crippen LogP contribution in [-0.4, -0.2) is 23.6 Å². The van der Waals surface area contributed by atoms with E-state index in [4.69, 9.17) is 9.15 Å². The molecule has 0 aliphatic heterocycles. The van der Waals surface area contributed by atoms with Crippen molar-refractivity contribution in [1.29, 1.82) is 0 Å². The van der Waals surface area contributed by atoms with Crippen LogP contribution in [-0.2, 0) is 12.8 Å². The van der Waals surface area contributed by atoms with E-state index in [-0.39, 0.29) is 0 Å². The molecule has 0 amide bonds. The highest BCUT2D eigenvalue weighted by Crippen LogP contribution is 2.31. The van der Waals surface area contributed by atoms with Crippen LogP contribution in [0, 0.1) is 0 Å². The molecular weight excluding hydrogens is 326 g/mol. The van der Waals surface area contributed by atoms with Crippen molar-refractivity contribution in [3.05, 3.63) is 59.9 Å². The molecule has 0 atom stereocenters. The molecule has 26 heavy (non-hydrogen) atoms. The smallest absolute Gasteiger partial charge is 0.196 e. The van der Waals surface area contributed by atoms with Gasteiger partial charge >= 0.3 is 0 Å². The molecule has 0 fully saturated rings. The van der Waals surface area contributed by atoms with Gasteiger partial charge in [-0.1, -0.05) is 31.2 Å². The maximum absolute atomic E-state index is 6.01. The van der Waals surface area contributed by atoms with E-state index in [1.54, 1.807) is 7.11 Å². The highest BCUT2D eigenvalue weighted by molar-refractivity contribution is 6.05. The lowest BCUT2D eigenvalue weighted by molar-refractivity contribution is 0.414. The van der Waals surface area contributed by atoms with Crippen molar-refractivity contribution < 1.29 is 9.15 Å². The van der Waals surface area contributed by atoms with Gasteiger partial charge < -0.3 is 14.5 Å². The lowest BCUT2D eigenvalue weighted by Crippen LogP contribution is -2.08. The van der Waals surface area contributed by atoms with E-state index in [2.05, 4.69) is 34.3 Å². The number of rotatable bonds is 6. The van der Waals surface area contributed by atoms with Crippen LogP contribution in [0.2, 0.25) is 0 Å². The van der Waals surface area contributed by atoms with Crippen molar-refractivity contribution in [2.45, 2.75) is 19.8 Å². The van der Waals surface area contributed by atoms with Gasteiger partial charge in [0, 0.05) is 18.4 Å². The van der Waals surface area contributed by atoms with Gasteiger partial charge in [0.1, 0.15) is 22.7 Å². The lowest BCUT2D eigenvalue weighted by atomic mass is 10.1. The maximum atomic E-state index is 6.01. The van der Waals surface area contributed by atoms with E-state index in [1.807, 2.05) is 36.4 Å². The molecule has 4 aromatic rings. The number of nitrogens with one attached hydrogen (secondary N) is 1. The van der Waals surface area contributed by atoms with Crippen LogP contribution in [0.1, 0.15) is 18.3 Å². The third-order valence-corrected chi connectivity index (χ3v) is 4.45. The molecule has 2 aromatic carbocycles. The number of aryl methyl sites for hydroxylation is 1. The van der Waals surface area contributed by atoms with Gasteiger partial charge in [0.15, 0.2) is 11.4 Å². The Labute approximate surface area is 152 Å². The summed E-state index contributed by atoms with van der Waals surface area (Å²) in [6, 6.07) is 16.1. The Morgan fingerprint density at radius 3 is 2.62 bits per heavy atom. The minimum Gasteiger partial charge on any atom is -0.497 e. The fourth-order valence-electron chi connectivity index (χ4n) is 3.03. The van der Waals surface area contributed by atoms with Crippen LogP contribution in [0.4, 0.5) is 5.82 Å². The summed E-state index contributed by atoms with van der Waals surface area (Å²) in [6.45, 7) is 2.82. The van der Waals surface area contributed by atoms with E-state index >= 15 is 0 Å². The Balaban J connectivity index is 1.60. The third kappa shape index (κ3) is 3.08. The van der Waals surface area contributed by atoms with E-state index in [1.165, 1.54) is 5.56 Å². The van der Waals surface area contributed by atoms with Crippen molar-refractivity contribution in [2.24, 2.45) is 0 Å². The number of furan rings is 1. The van der Waals surface area contributed by atoms with Crippen molar-refractivity contribution >= 4 is 27.9 Å². The largest absolute Gasteiger partial charge is 0.497 e. The van der Waals surface area contributed by atoms with Crippen LogP contribution in [0.25, 0.3) is 22.1 Å². The zero-order valence-electron chi connectivity index (χ0n) is 15.0. The van der Waals surface area contributed by atoms with Gasteiger partial charge in [-0.2, -0.15) is 0 Å². The summed E-state index contributed by atoms with van der Waals surface area (Å²) in [7, 11) is 1.68. The SMILES string of the molecule is CCc1nc(NCCc2ccc(OC)cc2)c2oc3ccccc3c2n1. The first-order valence-electron chi connectivity index (χ1n) is 8.83. The minimum absolute atomic E-state index is 0.720. The summed E-state index contributed by atoms with van der Waals surface area (Å²) in [4.78, 5) is 9.31. The third-order valence-electron chi connectivity index (χ3n) is 4.45. The molecule has 5 nitrogen and oxygen atoms in total. The van der Waals surface area contributed by atoms with E-state index < -0.39 is 0 Å². The summed E-state index contributed by atoms with van der Waals surface area (Å²) in [5.41, 5.74) is 3.67. The van der Waals surface area contributed by atoms with Crippen molar-refractivity contribution in [3.63, 3.8) is 0 Å². The molecule has 0 saturated heterocycles. The Morgan fingerprint density at radius 2 is 1.85 bits per heavy atom. The number of para-hydroxylation sites is 1. The fourth-order valence-corrected chi connectivity index (χ4v) is 3.03. The number of aromatic nitrogens is 2. The topological polar surface area (TPSA) is 60.2 Å². The fraction of sp³-hybridized carbons (Fsp3) is 0.238. The van der Waals surface area contributed by atoms with Crippen LogP contribution in [0.3, 0.4) is 0 Å². The molecular formula is C21H21N3O2. The molecule has 0 unspecified atom stereocenters. The number of hydrogen-bond donors (Lipinski definition) is 1. The Kier molecular flexibility index (Phi) is 4.44. The molecule has 0 aliphatic carbocycles. The summed E-state index contributed by atoms with van der Waals surface area (Å²) < 4.78 is 11.2. The predicted octanol–water partition coefficient (Wildman–Crippen LogP) is 4.60. The Bertz CT molecular complexity index is 1040. The van der Waals surface area contributed by atoms with Crippen molar-refractivity contribution in [2.75, 3.05) is 19.0 Å². The number of ether oxygens (including phenoxy) is 1. The quantitative estimate of drug-likeness (QED) is 0.552. The highest BCUT2D eigenvalue weighted by atomic mass is 16.5. The first kappa shape index (κ1) is 16.4. The summed E-state index contributed by atoms with van der Waals surface area (Å²) in [5, 5.41) is 4.45. The van der Waals surface area contributed by atoms with Crippen LogP contribution < -0.4 is 10.1 Å². The molecule has 2 aromatic heterocycles. The zero-order valence-corrected chi connectivity index (χ0v) is 15.0. The average Bonchev–Trinajstić information content (AvgIpc) is 3.07. The second kappa shape index (κ2) is 7.04. The average molecular weight is 347 g/mol. The monoisotopic (exact) mass is 347 g/mol. The van der Waals surface area contributed by atoms with Crippen LogP contribution in [0.15, 0.2) is 52.9 Å². The summed E-state index contributed by atoms with van der Waals surface area (Å²) in [6.07, 6.45) is 1.67. The molecule has 4 rings (SSSR count).